The number of hydrogen-bond donors (Lipinski definition) is 0. The van der Waals surface area contributed by atoms with E-state index in [1.54, 1.807) is 0 Å². The van der Waals surface area contributed by atoms with Crippen molar-refractivity contribution in [1.82, 2.24) is 9.97 Å². The van der Waals surface area contributed by atoms with Gasteiger partial charge in [0.2, 0.25) is 0 Å². The van der Waals surface area contributed by atoms with Crippen molar-refractivity contribution in [2.75, 3.05) is 0 Å². The molecule has 2 heterocycles. The van der Waals surface area contributed by atoms with Crippen LogP contribution in [0.3, 0.4) is 0 Å². The summed E-state index contributed by atoms with van der Waals surface area (Å²) >= 11 is 0. The topological polar surface area (TPSA) is 38.9 Å². The first-order chi connectivity index (χ1) is 28.1. The molecule has 10 aromatic rings. The second-order valence-electron chi connectivity index (χ2n) is 15.0. The van der Waals surface area contributed by atoms with Crippen molar-refractivity contribution in [3.05, 3.63) is 217 Å². The van der Waals surface area contributed by atoms with Crippen LogP contribution in [0, 0.1) is 0 Å². The molecule has 0 amide bonds. The summed E-state index contributed by atoms with van der Waals surface area (Å²) in [5, 5.41) is 2.24. The summed E-state index contributed by atoms with van der Waals surface area (Å²) in [6.07, 6.45) is 0. The number of furan rings is 1. The van der Waals surface area contributed by atoms with Gasteiger partial charge in [0.25, 0.3) is 0 Å². The van der Waals surface area contributed by atoms with Crippen LogP contribution in [0.25, 0.3) is 89.2 Å². The molecule has 0 bridgehead atoms. The third-order valence-electron chi connectivity index (χ3n) is 11.8. The molecule has 1 unspecified atom stereocenters. The lowest BCUT2D eigenvalue weighted by atomic mass is 9.74. The van der Waals surface area contributed by atoms with Crippen LogP contribution in [0.1, 0.15) is 23.6 Å². The maximum absolute atomic E-state index is 6.50. The highest BCUT2D eigenvalue weighted by atomic mass is 16.3. The quantitative estimate of drug-likeness (QED) is 0.171. The minimum absolute atomic E-state index is 0.310. The summed E-state index contributed by atoms with van der Waals surface area (Å²) in [7, 11) is 0. The molecule has 8 aromatic carbocycles. The van der Waals surface area contributed by atoms with Crippen LogP contribution in [-0.4, -0.2) is 9.97 Å². The zero-order chi connectivity index (χ0) is 37.9. The Bertz CT molecular complexity index is 3140. The van der Waals surface area contributed by atoms with Crippen molar-refractivity contribution in [2.24, 2.45) is 0 Å². The van der Waals surface area contributed by atoms with E-state index in [2.05, 4.69) is 177 Å². The number of fused-ring (bicyclic) bond motifs is 6. The number of benzene rings is 8. The van der Waals surface area contributed by atoms with Crippen molar-refractivity contribution in [3.8, 4) is 67.3 Å². The first kappa shape index (κ1) is 33.0. The van der Waals surface area contributed by atoms with Crippen LogP contribution in [-0.2, 0) is 5.41 Å². The van der Waals surface area contributed by atoms with Crippen molar-refractivity contribution >= 4 is 21.9 Å². The van der Waals surface area contributed by atoms with Crippen molar-refractivity contribution < 1.29 is 4.42 Å². The predicted molar refractivity (Wildman–Crippen MR) is 234 cm³/mol. The Hall–Kier alpha value is -7.36. The van der Waals surface area contributed by atoms with Crippen molar-refractivity contribution in [2.45, 2.75) is 12.3 Å². The second kappa shape index (κ2) is 13.1. The number of rotatable bonds is 6. The van der Waals surface area contributed by atoms with E-state index in [0.29, 0.717) is 5.82 Å². The van der Waals surface area contributed by atoms with E-state index in [9.17, 15) is 0 Å². The lowest BCUT2D eigenvalue weighted by Gasteiger charge is -2.28. The standard InChI is InChI=1S/C54H36N2O/c1-54(39-20-6-3-7-21-39)47-28-12-10-24-42(47)43-31-30-38(33-48(43)54)50-34-49(55-53(56-50)35-16-4-2-5-17-35)37-19-14-18-36(32-37)40-22-8-9-23-41(40)45-26-15-27-46-44-25-11-13-29-51(44)57-52(45)46/h2-34H,1H3. The minimum atomic E-state index is -0.310. The highest BCUT2D eigenvalue weighted by Crippen LogP contribution is 2.53. The molecule has 0 saturated heterocycles. The van der Waals surface area contributed by atoms with E-state index >= 15 is 0 Å². The molecule has 0 fully saturated rings. The summed E-state index contributed by atoms with van der Waals surface area (Å²) in [5.41, 5.74) is 17.1. The van der Waals surface area contributed by atoms with Crippen molar-refractivity contribution in [1.29, 1.82) is 0 Å². The Labute approximate surface area is 331 Å². The summed E-state index contributed by atoms with van der Waals surface area (Å²) in [6, 6.07) is 71.0. The third kappa shape index (κ3) is 5.35. The van der Waals surface area contributed by atoms with E-state index in [1.165, 1.54) is 27.8 Å². The van der Waals surface area contributed by atoms with E-state index in [1.807, 2.05) is 30.3 Å². The van der Waals surface area contributed by atoms with Crippen LogP contribution >= 0.6 is 0 Å². The second-order valence-corrected chi connectivity index (χ2v) is 15.0. The first-order valence-corrected chi connectivity index (χ1v) is 19.5. The highest BCUT2D eigenvalue weighted by Gasteiger charge is 2.40. The predicted octanol–water partition coefficient (Wildman–Crippen LogP) is 14.0. The molecular weight excluding hydrogens is 693 g/mol. The van der Waals surface area contributed by atoms with E-state index < -0.39 is 0 Å². The van der Waals surface area contributed by atoms with Gasteiger partial charge in [-0.2, -0.15) is 0 Å². The summed E-state index contributed by atoms with van der Waals surface area (Å²) < 4.78 is 6.50. The van der Waals surface area contributed by atoms with Crippen molar-refractivity contribution in [3.63, 3.8) is 0 Å². The van der Waals surface area contributed by atoms with Gasteiger partial charge in [0, 0.05) is 38.4 Å². The molecule has 11 rings (SSSR count). The molecule has 0 N–H and O–H groups in total. The molecule has 2 aromatic heterocycles. The molecule has 3 heteroatoms. The van der Waals surface area contributed by atoms with E-state index in [-0.39, 0.29) is 5.41 Å². The van der Waals surface area contributed by atoms with Gasteiger partial charge in [-0.3, -0.25) is 0 Å². The lowest BCUT2D eigenvalue weighted by Crippen LogP contribution is -2.22. The molecule has 0 aliphatic heterocycles. The maximum atomic E-state index is 6.50. The molecule has 0 radical (unpaired) electrons. The normalized spacial score (nSPS) is 14.5. The van der Waals surface area contributed by atoms with Gasteiger partial charge >= 0.3 is 0 Å². The Morgan fingerprint density at radius 1 is 0.386 bits per heavy atom. The number of nitrogens with zero attached hydrogens (tertiary/aromatic N) is 2. The zero-order valence-corrected chi connectivity index (χ0v) is 31.4. The molecular formula is C54H36N2O. The monoisotopic (exact) mass is 728 g/mol. The molecule has 1 aliphatic carbocycles. The van der Waals surface area contributed by atoms with Gasteiger partial charge < -0.3 is 4.42 Å². The fraction of sp³-hybridized carbons (Fsp3) is 0.0370. The average molecular weight is 729 g/mol. The molecule has 1 aliphatic rings. The van der Waals surface area contributed by atoms with Gasteiger partial charge in [-0.15, -0.1) is 0 Å². The van der Waals surface area contributed by atoms with Crippen LogP contribution in [0.15, 0.2) is 205 Å². The smallest absolute Gasteiger partial charge is 0.160 e. The Balaban J connectivity index is 1.06. The van der Waals surface area contributed by atoms with Gasteiger partial charge in [0.15, 0.2) is 5.82 Å². The molecule has 268 valence electrons. The summed E-state index contributed by atoms with van der Waals surface area (Å²) in [4.78, 5) is 10.5. The largest absolute Gasteiger partial charge is 0.455 e. The lowest BCUT2D eigenvalue weighted by molar-refractivity contribution is 0.670. The summed E-state index contributed by atoms with van der Waals surface area (Å²) in [5.74, 6) is 0.695. The highest BCUT2D eigenvalue weighted by molar-refractivity contribution is 6.10. The Kier molecular flexibility index (Phi) is 7.61. The number of para-hydroxylation sites is 2. The average Bonchev–Trinajstić information content (AvgIpc) is 3.80. The van der Waals surface area contributed by atoms with Crippen LogP contribution in [0.4, 0.5) is 0 Å². The van der Waals surface area contributed by atoms with E-state index in [0.717, 1.165) is 72.3 Å². The maximum Gasteiger partial charge on any atom is 0.160 e. The molecule has 0 saturated carbocycles. The van der Waals surface area contributed by atoms with Gasteiger partial charge in [-0.05, 0) is 75.7 Å². The zero-order valence-electron chi connectivity index (χ0n) is 31.4. The summed E-state index contributed by atoms with van der Waals surface area (Å²) in [6.45, 7) is 2.36. The Morgan fingerprint density at radius 3 is 1.79 bits per heavy atom. The van der Waals surface area contributed by atoms with Gasteiger partial charge in [0.1, 0.15) is 11.2 Å². The molecule has 3 nitrogen and oxygen atoms in total. The Morgan fingerprint density at radius 2 is 0.965 bits per heavy atom. The molecule has 57 heavy (non-hydrogen) atoms. The minimum Gasteiger partial charge on any atom is -0.455 e. The fourth-order valence-corrected chi connectivity index (χ4v) is 8.97. The van der Waals surface area contributed by atoms with Crippen LogP contribution in [0.2, 0.25) is 0 Å². The van der Waals surface area contributed by atoms with Crippen LogP contribution in [0.5, 0.6) is 0 Å². The number of hydrogen-bond acceptors (Lipinski definition) is 3. The molecule has 1 atom stereocenters. The fourth-order valence-electron chi connectivity index (χ4n) is 8.97. The number of aromatic nitrogens is 2. The van der Waals surface area contributed by atoms with Gasteiger partial charge in [-0.1, -0.05) is 176 Å². The first-order valence-electron chi connectivity index (χ1n) is 19.5. The third-order valence-corrected chi connectivity index (χ3v) is 11.8. The van der Waals surface area contributed by atoms with Gasteiger partial charge in [0.05, 0.1) is 11.4 Å². The van der Waals surface area contributed by atoms with E-state index in [4.69, 9.17) is 14.4 Å². The molecule has 0 spiro atoms. The van der Waals surface area contributed by atoms with Crippen LogP contribution < -0.4 is 0 Å². The van der Waals surface area contributed by atoms with Gasteiger partial charge in [-0.25, -0.2) is 9.97 Å². The SMILES string of the molecule is CC1(c2ccccc2)c2ccccc2-c2ccc(-c3cc(-c4cccc(-c5ccccc5-c5cccc6c5oc5ccccc56)c4)nc(-c4ccccc4)n3)cc21.